The summed E-state index contributed by atoms with van der Waals surface area (Å²) in [5.74, 6) is -1.10. The summed E-state index contributed by atoms with van der Waals surface area (Å²) >= 11 is 9.18. The fourth-order valence-electron chi connectivity index (χ4n) is 1.73. The van der Waals surface area contributed by atoms with Crippen molar-refractivity contribution in [2.75, 3.05) is 11.4 Å². The molecule has 7 heteroatoms. The number of pyridine rings is 1. The van der Waals surface area contributed by atoms with Crippen LogP contribution in [0.3, 0.4) is 0 Å². The van der Waals surface area contributed by atoms with E-state index < -0.39 is 11.8 Å². The van der Waals surface area contributed by atoms with E-state index in [-0.39, 0.29) is 24.0 Å². The monoisotopic (exact) mass is 317 g/mol. The van der Waals surface area contributed by atoms with Gasteiger partial charge in [0.05, 0.1) is 11.6 Å². The Bertz CT molecular complexity index is 494. The highest BCUT2D eigenvalue weighted by Gasteiger charge is 2.35. The summed E-state index contributed by atoms with van der Waals surface area (Å²) in [7, 11) is 0. The lowest BCUT2D eigenvalue weighted by Gasteiger charge is -2.17. The Morgan fingerprint density at radius 2 is 2.35 bits per heavy atom. The van der Waals surface area contributed by atoms with Crippen LogP contribution < -0.4 is 10.6 Å². The van der Waals surface area contributed by atoms with Crippen molar-refractivity contribution in [3.05, 3.63) is 21.9 Å². The van der Waals surface area contributed by atoms with E-state index in [1.54, 1.807) is 6.07 Å². The number of hydrogen-bond donors (Lipinski definition) is 1. The molecule has 2 heterocycles. The minimum Gasteiger partial charge on any atom is -0.369 e. The number of halogens is 2. The molecule has 1 aromatic rings. The minimum absolute atomic E-state index is 0.123. The Labute approximate surface area is 111 Å². The van der Waals surface area contributed by atoms with E-state index in [4.69, 9.17) is 17.3 Å². The van der Waals surface area contributed by atoms with Crippen LogP contribution in [0.5, 0.6) is 0 Å². The summed E-state index contributed by atoms with van der Waals surface area (Å²) in [6.45, 7) is 0.256. The molecule has 2 amide bonds. The number of carbonyl (C=O) groups is 2. The van der Waals surface area contributed by atoms with E-state index in [2.05, 4.69) is 20.9 Å². The number of nitrogens with zero attached hydrogens (tertiary/aromatic N) is 2. The molecule has 0 aliphatic carbocycles. The summed E-state index contributed by atoms with van der Waals surface area (Å²) in [5, 5.41) is 0.228. The van der Waals surface area contributed by atoms with Crippen molar-refractivity contribution in [1.82, 2.24) is 4.98 Å². The first-order valence-corrected chi connectivity index (χ1v) is 6.07. The third-order valence-corrected chi connectivity index (χ3v) is 3.33. The molecule has 1 fully saturated rings. The van der Waals surface area contributed by atoms with Crippen LogP contribution in [0.1, 0.15) is 6.42 Å². The number of nitrogens with two attached hydrogens (primary N) is 1. The summed E-state index contributed by atoms with van der Waals surface area (Å²) in [5.41, 5.74) is 5.69. The van der Waals surface area contributed by atoms with Crippen LogP contribution in [0.15, 0.2) is 16.7 Å². The number of anilines is 1. The molecule has 1 aliphatic rings. The van der Waals surface area contributed by atoms with Crippen molar-refractivity contribution in [3.63, 3.8) is 0 Å². The van der Waals surface area contributed by atoms with E-state index in [1.807, 2.05) is 0 Å². The Kier molecular flexibility index (Phi) is 3.35. The lowest BCUT2D eigenvalue weighted by Crippen LogP contribution is -2.28. The maximum Gasteiger partial charge on any atom is 0.227 e. The Balaban J connectivity index is 2.32. The van der Waals surface area contributed by atoms with Crippen molar-refractivity contribution >= 4 is 45.0 Å². The predicted molar refractivity (Wildman–Crippen MR) is 66.6 cm³/mol. The van der Waals surface area contributed by atoms with Gasteiger partial charge in [-0.3, -0.25) is 9.59 Å². The lowest BCUT2D eigenvalue weighted by atomic mass is 10.1. The number of hydrogen-bond acceptors (Lipinski definition) is 3. The first-order valence-electron chi connectivity index (χ1n) is 4.89. The molecular formula is C10H9BrClN3O2. The fourth-order valence-corrected chi connectivity index (χ4v) is 2.26. The van der Waals surface area contributed by atoms with Gasteiger partial charge in [-0.25, -0.2) is 4.98 Å². The second kappa shape index (κ2) is 4.62. The lowest BCUT2D eigenvalue weighted by molar-refractivity contribution is -0.123. The van der Waals surface area contributed by atoms with Crippen molar-refractivity contribution in [1.29, 1.82) is 0 Å². The molecule has 0 spiro atoms. The van der Waals surface area contributed by atoms with Gasteiger partial charge in [0.2, 0.25) is 11.8 Å². The van der Waals surface area contributed by atoms with Crippen LogP contribution in [0.2, 0.25) is 5.15 Å². The normalized spacial score (nSPS) is 19.8. The summed E-state index contributed by atoms with van der Waals surface area (Å²) in [6.07, 6.45) is 1.66. The van der Waals surface area contributed by atoms with Gasteiger partial charge in [0.1, 0.15) is 0 Å². The molecule has 0 aromatic carbocycles. The molecule has 1 atom stereocenters. The van der Waals surface area contributed by atoms with E-state index in [0.717, 1.165) is 0 Å². The third kappa shape index (κ3) is 2.42. The molecule has 2 N–H and O–H groups in total. The summed E-state index contributed by atoms with van der Waals surface area (Å²) in [6, 6.07) is 1.69. The molecule has 1 unspecified atom stereocenters. The first kappa shape index (κ1) is 12.3. The molecule has 2 rings (SSSR count). The Hall–Kier alpha value is -1.14. The van der Waals surface area contributed by atoms with Crippen LogP contribution in [-0.4, -0.2) is 23.3 Å². The largest absolute Gasteiger partial charge is 0.369 e. The number of primary amides is 1. The molecule has 5 nitrogen and oxygen atoms in total. The zero-order valence-electron chi connectivity index (χ0n) is 8.69. The van der Waals surface area contributed by atoms with Gasteiger partial charge in [-0.15, -0.1) is 0 Å². The van der Waals surface area contributed by atoms with Crippen molar-refractivity contribution < 1.29 is 9.59 Å². The zero-order valence-corrected chi connectivity index (χ0v) is 11.0. The molecule has 0 saturated carbocycles. The highest BCUT2D eigenvalue weighted by Crippen LogP contribution is 2.31. The molecular weight excluding hydrogens is 309 g/mol. The average molecular weight is 319 g/mol. The third-order valence-electron chi connectivity index (χ3n) is 2.61. The highest BCUT2D eigenvalue weighted by atomic mass is 79.9. The molecule has 90 valence electrons. The second-order valence-corrected chi connectivity index (χ2v) is 5.04. The van der Waals surface area contributed by atoms with Gasteiger partial charge in [0.25, 0.3) is 0 Å². The SMILES string of the molecule is NC(=O)C1CC(=O)N(c2cc(Br)cnc2Cl)C1. The van der Waals surface area contributed by atoms with Gasteiger partial charge in [-0.05, 0) is 22.0 Å². The zero-order chi connectivity index (χ0) is 12.6. The molecule has 17 heavy (non-hydrogen) atoms. The number of rotatable bonds is 2. The van der Waals surface area contributed by atoms with Crippen molar-refractivity contribution in [2.24, 2.45) is 11.7 Å². The molecule has 0 bridgehead atoms. The van der Waals surface area contributed by atoms with Gasteiger partial charge in [0, 0.05) is 23.6 Å². The highest BCUT2D eigenvalue weighted by molar-refractivity contribution is 9.10. The van der Waals surface area contributed by atoms with E-state index in [9.17, 15) is 9.59 Å². The van der Waals surface area contributed by atoms with E-state index in [0.29, 0.717) is 10.2 Å². The topological polar surface area (TPSA) is 76.3 Å². The van der Waals surface area contributed by atoms with Crippen molar-refractivity contribution in [2.45, 2.75) is 6.42 Å². The number of aromatic nitrogens is 1. The van der Waals surface area contributed by atoms with Gasteiger partial charge < -0.3 is 10.6 Å². The second-order valence-electron chi connectivity index (χ2n) is 3.77. The Morgan fingerprint density at radius 1 is 1.65 bits per heavy atom. The number of carbonyl (C=O) groups excluding carboxylic acids is 2. The van der Waals surface area contributed by atoms with Crippen LogP contribution >= 0.6 is 27.5 Å². The molecule has 1 aliphatic heterocycles. The smallest absolute Gasteiger partial charge is 0.227 e. The fraction of sp³-hybridized carbons (Fsp3) is 0.300. The van der Waals surface area contributed by atoms with Crippen LogP contribution in [-0.2, 0) is 9.59 Å². The van der Waals surface area contributed by atoms with Crippen LogP contribution in [0, 0.1) is 5.92 Å². The maximum absolute atomic E-state index is 11.8. The van der Waals surface area contributed by atoms with Gasteiger partial charge in [-0.2, -0.15) is 0 Å². The maximum atomic E-state index is 11.8. The summed E-state index contributed by atoms with van der Waals surface area (Å²) in [4.78, 5) is 28.2. The van der Waals surface area contributed by atoms with E-state index >= 15 is 0 Å². The minimum atomic E-state index is -0.472. The Morgan fingerprint density at radius 3 is 2.94 bits per heavy atom. The van der Waals surface area contributed by atoms with Gasteiger partial charge in [-0.1, -0.05) is 11.6 Å². The average Bonchev–Trinajstić information content (AvgIpc) is 2.64. The van der Waals surface area contributed by atoms with Crippen LogP contribution in [0.25, 0.3) is 0 Å². The quantitative estimate of drug-likeness (QED) is 0.836. The molecule has 1 aromatic heterocycles. The first-order chi connectivity index (χ1) is 7.99. The van der Waals surface area contributed by atoms with Crippen molar-refractivity contribution in [3.8, 4) is 0 Å². The van der Waals surface area contributed by atoms with Gasteiger partial charge in [0.15, 0.2) is 5.15 Å². The number of amides is 2. The van der Waals surface area contributed by atoms with Crippen LogP contribution in [0.4, 0.5) is 5.69 Å². The van der Waals surface area contributed by atoms with E-state index in [1.165, 1.54) is 11.1 Å². The molecule has 0 radical (unpaired) electrons. The standard InChI is InChI=1S/C10H9BrClN3O2/c11-6-2-7(9(12)14-3-6)15-4-5(10(13)17)1-8(15)16/h2-3,5H,1,4H2,(H2,13,17). The predicted octanol–water partition coefficient (Wildman–Crippen LogP) is 1.34. The molecule has 1 saturated heterocycles. The summed E-state index contributed by atoms with van der Waals surface area (Å²) < 4.78 is 0.715. The van der Waals surface area contributed by atoms with Gasteiger partial charge >= 0.3 is 0 Å².